The molecule has 2 unspecified atom stereocenters. The maximum Gasteiger partial charge on any atom is 0.233 e. The van der Waals surface area contributed by atoms with Crippen LogP contribution in [0.4, 0.5) is 0 Å². The molecule has 0 aromatic rings. The molecular formula is C13H25N3O3. The summed E-state index contributed by atoms with van der Waals surface area (Å²) in [6.45, 7) is 3.30. The van der Waals surface area contributed by atoms with E-state index < -0.39 is 5.92 Å². The number of hydrogen-bond acceptors (Lipinski definition) is 4. The lowest BCUT2D eigenvalue weighted by Crippen LogP contribution is -2.44. The minimum atomic E-state index is -0.538. The van der Waals surface area contributed by atoms with Crippen molar-refractivity contribution in [1.29, 1.82) is 0 Å². The van der Waals surface area contributed by atoms with E-state index in [1.165, 1.54) is 0 Å². The molecule has 110 valence electrons. The molecule has 0 saturated carbocycles. The number of amidine groups is 1. The van der Waals surface area contributed by atoms with E-state index >= 15 is 0 Å². The summed E-state index contributed by atoms with van der Waals surface area (Å²) in [5, 5.41) is 11.7. The Kier molecular flexibility index (Phi) is 6.62. The smallest absolute Gasteiger partial charge is 0.233 e. The van der Waals surface area contributed by atoms with Crippen molar-refractivity contribution < 1.29 is 14.7 Å². The van der Waals surface area contributed by atoms with Crippen molar-refractivity contribution in [3.05, 3.63) is 0 Å². The van der Waals surface area contributed by atoms with Gasteiger partial charge in [-0.15, -0.1) is 0 Å². The Labute approximate surface area is 114 Å². The lowest BCUT2D eigenvalue weighted by atomic mass is 10.0. The predicted molar refractivity (Wildman–Crippen MR) is 73.0 cm³/mol. The molecule has 1 aliphatic rings. The van der Waals surface area contributed by atoms with Crippen LogP contribution >= 0.6 is 0 Å². The van der Waals surface area contributed by atoms with E-state index in [2.05, 4.69) is 5.16 Å². The highest BCUT2D eigenvalue weighted by molar-refractivity contribution is 6.01. The number of amides is 1. The zero-order chi connectivity index (χ0) is 14.3. The normalized spacial score (nSPS) is 22.0. The zero-order valence-corrected chi connectivity index (χ0v) is 11.8. The molecule has 0 aromatic carbocycles. The molecule has 6 nitrogen and oxygen atoms in total. The van der Waals surface area contributed by atoms with Gasteiger partial charge >= 0.3 is 0 Å². The molecule has 1 rings (SSSR count). The maximum absolute atomic E-state index is 12.3. The highest BCUT2D eigenvalue weighted by Crippen LogP contribution is 2.16. The van der Waals surface area contributed by atoms with Gasteiger partial charge in [0.1, 0.15) is 0 Å². The van der Waals surface area contributed by atoms with Crippen LogP contribution in [0.1, 0.15) is 39.0 Å². The van der Waals surface area contributed by atoms with E-state index in [1.807, 2.05) is 6.92 Å². The third kappa shape index (κ3) is 4.70. The Morgan fingerprint density at radius 1 is 1.58 bits per heavy atom. The van der Waals surface area contributed by atoms with E-state index in [1.54, 1.807) is 11.9 Å². The van der Waals surface area contributed by atoms with Crippen LogP contribution in [0.5, 0.6) is 0 Å². The largest absolute Gasteiger partial charge is 0.409 e. The summed E-state index contributed by atoms with van der Waals surface area (Å²) >= 11 is 0. The highest BCUT2D eigenvalue weighted by atomic mass is 16.5. The molecule has 3 N–H and O–H groups in total. The van der Waals surface area contributed by atoms with E-state index in [-0.39, 0.29) is 17.8 Å². The van der Waals surface area contributed by atoms with Gasteiger partial charge in [-0.2, -0.15) is 0 Å². The van der Waals surface area contributed by atoms with Crippen LogP contribution in [0, 0.1) is 5.92 Å². The second kappa shape index (κ2) is 7.99. The van der Waals surface area contributed by atoms with Crippen LogP contribution in [-0.2, 0) is 9.53 Å². The number of rotatable bonds is 6. The summed E-state index contributed by atoms with van der Waals surface area (Å²) in [4.78, 5) is 13.9. The molecule has 2 atom stereocenters. The standard InChI is InChI=1S/C13H25N3O3/c1-3-6-11(12(14)15-18)13(17)16(2)9-10-7-4-5-8-19-10/h10-11,18H,3-9H2,1-2H3,(H2,14,15). The van der Waals surface area contributed by atoms with E-state index in [0.29, 0.717) is 13.0 Å². The van der Waals surface area contributed by atoms with Crippen LogP contribution in [0.25, 0.3) is 0 Å². The summed E-state index contributed by atoms with van der Waals surface area (Å²) in [6.07, 6.45) is 4.73. The lowest BCUT2D eigenvalue weighted by Gasteiger charge is -2.29. The molecule has 0 radical (unpaired) electrons. The Bertz CT molecular complexity index is 314. The van der Waals surface area contributed by atoms with Gasteiger partial charge in [0, 0.05) is 20.2 Å². The number of nitrogens with zero attached hydrogens (tertiary/aromatic N) is 2. The number of likely N-dealkylation sites (N-methyl/N-ethyl adjacent to an activating group) is 1. The van der Waals surface area contributed by atoms with Gasteiger partial charge in [-0.25, -0.2) is 0 Å². The van der Waals surface area contributed by atoms with Crippen molar-refractivity contribution in [2.75, 3.05) is 20.2 Å². The van der Waals surface area contributed by atoms with Crippen molar-refractivity contribution >= 4 is 11.7 Å². The first-order chi connectivity index (χ1) is 9.10. The minimum absolute atomic E-state index is 0.0109. The fourth-order valence-corrected chi connectivity index (χ4v) is 2.37. The maximum atomic E-state index is 12.3. The second-order valence-electron chi connectivity index (χ2n) is 5.07. The Morgan fingerprint density at radius 3 is 2.84 bits per heavy atom. The summed E-state index contributed by atoms with van der Waals surface area (Å²) in [7, 11) is 1.74. The highest BCUT2D eigenvalue weighted by Gasteiger charge is 2.27. The molecule has 0 aliphatic carbocycles. The van der Waals surface area contributed by atoms with Crippen LogP contribution < -0.4 is 5.73 Å². The number of carbonyl (C=O) groups is 1. The first kappa shape index (κ1) is 15.8. The average Bonchev–Trinajstić information content (AvgIpc) is 2.44. The minimum Gasteiger partial charge on any atom is -0.409 e. The van der Waals surface area contributed by atoms with Crippen molar-refractivity contribution in [3.63, 3.8) is 0 Å². The number of ether oxygens (including phenoxy) is 1. The quantitative estimate of drug-likeness (QED) is 0.328. The van der Waals surface area contributed by atoms with Gasteiger partial charge in [0.25, 0.3) is 0 Å². The van der Waals surface area contributed by atoms with Crippen molar-refractivity contribution in [1.82, 2.24) is 4.90 Å². The zero-order valence-electron chi connectivity index (χ0n) is 11.8. The number of oxime groups is 1. The molecule has 1 heterocycles. The summed E-state index contributed by atoms with van der Waals surface area (Å²) < 4.78 is 5.62. The molecule has 1 saturated heterocycles. The Balaban J connectivity index is 2.56. The molecule has 0 bridgehead atoms. The van der Waals surface area contributed by atoms with Crippen LogP contribution in [0.3, 0.4) is 0 Å². The van der Waals surface area contributed by atoms with E-state index in [4.69, 9.17) is 15.7 Å². The number of hydrogen-bond donors (Lipinski definition) is 2. The third-order valence-corrected chi connectivity index (χ3v) is 3.48. The topological polar surface area (TPSA) is 88.2 Å². The van der Waals surface area contributed by atoms with E-state index in [9.17, 15) is 4.79 Å². The third-order valence-electron chi connectivity index (χ3n) is 3.48. The van der Waals surface area contributed by atoms with Gasteiger partial charge in [-0.3, -0.25) is 4.79 Å². The molecular weight excluding hydrogens is 246 g/mol. The van der Waals surface area contributed by atoms with Crippen LogP contribution in [0.15, 0.2) is 5.16 Å². The first-order valence-electron chi connectivity index (χ1n) is 6.94. The van der Waals surface area contributed by atoms with Gasteiger partial charge in [0.05, 0.1) is 12.0 Å². The number of nitrogens with two attached hydrogens (primary N) is 1. The van der Waals surface area contributed by atoms with Gasteiger partial charge in [0.15, 0.2) is 5.84 Å². The molecule has 1 aliphatic heterocycles. The van der Waals surface area contributed by atoms with Crippen molar-refractivity contribution in [2.45, 2.75) is 45.1 Å². The Hall–Kier alpha value is -1.30. The van der Waals surface area contributed by atoms with Crippen LogP contribution in [-0.4, -0.2) is 48.2 Å². The van der Waals surface area contributed by atoms with E-state index in [0.717, 1.165) is 32.3 Å². The van der Waals surface area contributed by atoms with Crippen molar-refractivity contribution in [2.24, 2.45) is 16.8 Å². The lowest BCUT2D eigenvalue weighted by molar-refractivity contribution is -0.134. The summed E-state index contributed by atoms with van der Waals surface area (Å²) in [6, 6.07) is 0. The average molecular weight is 271 g/mol. The molecule has 1 fully saturated rings. The molecule has 1 amide bonds. The van der Waals surface area contributed by atoms with Gasteiger partial charge in [0.2, 0.25) is 5.91 Å². The summed E-state index contributed by atoms with van der Waals surface area (Å²) in [5.74, 6) is -0.654. The SMILES string of the molecule is CCCC(C(=O)N(C)CC1CCCCO1)C(N)=NO. The number of carbonyl (C=O) groups excluding carboxylic acids is 1. The predicted octanol–water partition coefficient (Wildman–Crippen LogP) is 1.18. The van der Waals surface area contributed by atoms with Gasteiger partial charge < -0.3 is 20.6 Å². The molecule has 0 aromatic heterocycles. The van der Waals surface area contributed by atoms with Crippen LogP contribution in [0.2, 0.25) is 0 Å². The summed E-state index contributed by atoms with van der Waals surface area (Å²) in [5.41, 5.74) is 5.60. The fraction of sp³-hybridized carbons (Fsp3) is 0.846. The fourth-order valence-electron chi connectivity index (χ4n) is 2.37. The van der Waals surface area contributed by atoms with Gasteiger partial charge in [-0.1, -0.05) is 18.5 Å². The molecule has 6 heteroatoms. The molecule has 0 spiro atoms. The molecule has 19 heavy (non-hydrogen) atoms. The Morgan fingerprint density at radius 2 is 2.32 bits per heavy atom. The van der Waals surface area contributed by atoms with Gasteiger partial charge in [-0.05, 0) is 25.7 Å². The first-order valence-corrected chi connectivity index (χ1v) is 6.94. The van der Waals surface area contributed by atoms with Crippen molar-refractivity contribution in [3.8, 4) is 0 Å². The monoisotopic (exact) mass is 271 g/mol. The second-order valence-corrected chi connectivity index (χ2v) is 5.07.